The molecule has 1 unspecified atom stereocenters. The van der Waals surface area contributed by atoms with Gasteiger partial charge in [-0.1, -0.05) is 31.4 Å². The number of rotatable bonds is 4. The quantitative estimate of drug-likeness (QED) is 0.891. The molecule has 5 heteroatoms. The number of nitrogens with two attached hydrogens (primary N) is 1. The van der Waals surface area contributed by atoms with Crippen molar-refractivity contribution in [1.29, 1.82) is 0 Å². The minimum Gasteiger partial charge on any atom is -0.352 e. The lowest BCUT2D eigenvalue weighted by Gasteiger charge is -2.34. The molecule has 3 rings (SSSR count). The number of carbonyl (C=O) groups is 2. The second-order valence-electron chi connectivity index (χ2n) is 7.02. The van der Waals surface area contributed by atoms with Gasteiger partial charge in [0.1, 0.15) is 0 Å². The Kier molecular flexibility index (Phi) is 5.38. The first kappa shape index (κ1) is 16.8. The fraction of sp³-hybridized carbons (Fsp3) is 0.579. The molecule has 1 saturated heterocycles. The Morgan fingerprint density at radius 1 is 1.04 bits per heavy atom. The first-order valence-electron chi connectivity index (χ1n) is 9.08. The van der Waals surface area contributed by atoms with E-state index in [1.165, 1.54) is 32.1 Å². The molecule has 1 aliphatic carbocycles. The predicted octanol–water partition coefficient (Wildman–Crippen LogP) is 3.04. The van der Waals surface area contributed by atoms with Gasteiger partial charge in [0.05, 0.1) is 0 Å². The largest absolute Gasteiger partial charge is 0.352 e. The molecule has 1 atom stereocenters. The number of nitrogens with one attached hydrogen (secondary N) is 1. The highest BCUT2D eigenvalue weighted by molar-refractivity contribution is 5.94. The van der Waals surface area contributed by atoms with Gasteiger partial charge < -0.3 is 16.0 Å². The Labute approximate surface area is 143 Å². The zero-order valence-electron chi connectivity index (χ0n) is 14.2. The molecule has 2 fully saturated rings. The van der Waals surface area contributed by atoms with E-state index >= 15 is 0 Å². The van der Waals surface area contributed by atoms with Gasteiger partial charge in [-0.05, 0) is 49.3 Å². The van der Waals surface area contributed by atoms with E-state index in [1.54, 1.807) is 0 Å². The monoisotopic (exact) mass is 329 g/mol. The number of hydrogen-bond donors (Lipinski definition) is 2. The number of likely N-dealkylation sites (tertiary alicyclic amines) is 1. The summed E-state index contributed by atoms with van der Waals surface area (Å²) in [7, 11) is 0. The minimum absolute atomic E-state index is 0.150. The standard InChI is InChI=1S/C19H27N3O2/c20-19(24)21-13-14-8-10-16(11-9-14)18(23)22-12-4-7-17(22)15-5-2-1-3-6-15/h8-11,15,17H,1-7,12-13H2,(H3,20,21,24). The third-order valence-corrected chi connectivity index (χ3v) is 5.42. The predicted molar refractivity (Wildman–Crippen MR) is 93.5 cm³/mol. The molecule has 1 heterocycles. The molecule has 1 saturated carbocycles. The highest BCUT2D eigenvalue weighted by atomic mass is 16.2. The highest BCUT2D eigenvalue weighted by Crippen LogP contribution is 2.35. The van der Waals surface area contributed by atoms with Gasteiger partial charge in [-0.3, -0.25) is 4.79 Å². The van der Waals surface area contributed by atoms with E-state index in [0.717, 1.165) is 30.5 Å². The van der Waals surface area contributed by atoms with Gasteiger partial charge in [-0.25, -0.2) is 4.79 Å². The molecule has 130 valence electrons. The molecule has 24 heavy (non-hydrogen) atoms. The van der Waals surface area contributed by atoms with Crippen molar-refractivity contribution in [3.05, 3.63) is 35.4 Å². The summed E-state index contributed by atoms with van der Waals surface area (Å²) in [6, 6.07) is 7.37. The van der Waals surface area contributed by atoms with Crippen molar-refractivity contribution in [1.82, 2.24) is 10.2 Å². The van der Waals surface area contributed by atoms with Crippen LogP contribution in [-0.2, 0) is 6.54 Å². The van der Waals surface area contributed by atoms with Crippen LogP contribution in [0.1, 0.15) is 60.9 Å². The number of primary amides is 1. The van der Waals surface area contributed by atoms with Crippen LogP contribution in [0.15, 0.2) is 24.3 Å². The van der Waals surface area contributed by atoms with Crippen LogP contribution in [-0.4, -0.2) is 29.4 Å². The van der Waals surface area contributed by atoms with Crippen molar-refractivity contribution >= 4 is 11.9 Å². The van der Waals surface area contributed by atoms with Crippen LogP contribution in [0.4, 0.5) is 4.79 Å². The number of benzene rings is 1. The summed E-state index contributed by atoms with van der Waals surface area (Å²) in [4.78, 5) is 25.8. The van der Waals surface area contributed by atoms with E-state index in [-0.39, 0.29) is 5.91 Å². The second-order valence-corrected chi connectivity index (χ2v) is 7.02. The summed E-state index contributed by atoms with van der Waals surface area (Å²) in [5.41, 5.74) is 6.75. The lowest BCUT2D eigenvalue weighted by atomic mass is 9.83. The Hall–Kier alpha value is -2.04. The van der Waals surface area contributed by atoms with Crippen molar-refractivity contribution in [2.24, 2.45) is 11.7 Å². The fourth-order valence-electron chi connectivity index (χ4n) is 4.17. The van der Waals surface area contributed by atoms with Crippen LogP contribution < -0.4 is 11.1 Å². The van der Waals surface area contributed by atoms with E-state index in [4.69, 9.17) is 5.73 Å². The van der Waals surface area contributed by atoms with Gasteiger partial charge in [0, 0.05) is 24.7 Å². The molecule has 5 nitrogen and oxygen atoms in total. The van der Waals surface area contributed by atoms with Crippen LogP contribution in [0, 0.1) is 5.92 Å². The van der Waals surface area contributed by atoms with Crippen molar-refractivity contribution in [3.8, 4) is 0 Å². The smallest absolute Gasteiger partial charge is 0.312 e. The van der Waals surface area contributed by atoms with Gasteiger partial charge in [-0.2, -0.15) is 0 Å². The second kappa shape index (κ2) is 7.69. The lowest BCUT2D eigenvalue weighted by molar-refractivity contribution is 0.0661. The summed E-state index contributed by atoms with van der Waals surface area (Å²) in [5.74, 6) is 0.835. The Balaban J connectivity index is 1.65. The van der Waals surface area contributed by atoms with Crippen LogP contribution in [0.5, 0.6) is 0 Å². The Morgan fingerprint density at radius 2 is 1.75 bits per heavy atom. The number of carbonyl (C=O) groups excluding carboxylic acids is 2. The summed E-state index contributed by atoms with van der Waals surface area (Å²) >= 11 is 0. The number of nitrogens with zero attached hydrogens (tertiary/aromatic N) is 1. The van der Waals surface area contributed by atoms with Crippen molar-refractivity contribution in [3.63, 3.8) is 0 Å². The average Bonchev–Trinajstić information content (AvgIpc) is 3.10. The molecule has 0 spiro atoms. The Morgan fingerprint density at radius 3 is 2.42 bits per heavy atom. The molecule has 0 bridgehead atoms. The third kappa shape index (κ3) is 3.89. The van der Waals surface area contributed by atoms with Gasteiger partial charge >= 0.3 is 6.03 Å². The molecule has 3 amide bonds. The zero-order valence-corrected chi connectivity index (χ0v) is 14.2. The summed E-state index contributed by atoms with van der Waals surface area (Å²) < 4.78 is 0. The third-order valence-electron chi connectivity index (χ3n) is 5.42. The summed E-state index contributed by atoms with van der Waals surface area (Å²) in [6.45, 7) is 1.27. The number of hydrogen-bond acceptors (Lipinski definition) is 2. The van der Waals surface area contributed by atoms with Gasteiger partial charge in [-0.15, -0.1) is 0 Å². The van der Waals surface area contributed by atoms with Crippen LogP contribution in [0.2, 0.25) is 0 Å². The van der Waals surface area contributed by atoms with E-state index in [2.05, 4.69) is 10.2 Å². The molecule has 1 aromatic rings. The Bertz CT molecular complexity index is 579. The maximum Gasteiger partial charge on any atom is 0.312 e. The van der Waals surface area contributed by atoms with Gasteiger partial charge in [0.25, 0.3) is 5.91 Å². The van der Waals surface area contributed by atoms with Crippen LogP contribution in [0.3, 0.4) is 0 Å². The van der Waals surface area contributed by atoms with E-state index in [0.29, 0.717) is 18.5 Å². The van der Waals surface area contributed by atoms with E-state index in [1.807, 2.05) is 24.3 Å². The fourth-order valence-corrected chi connectivity index (χ4v) is 4.17. The first-order chi connectivity index (χ1) is 11.6. The topological polar surface area (TPSA) is 75.4 Å². The average molecular weight is 329 g/mol. The van der Waals surface area contributed by atoms with Crippen molar-refractivity contribution < 1.29 is 9.59 Å². The van der Waals surface area contributed by atoms with Crippen molar-refractivity contribution in [2.45, 2.75) is 57.5 Å². The highest BCUT2D eigenvalue weighted by Gasteiger charge is 2.35. The maximum atomic E-state index is 12.9. The number of urea groups is 1. The zero-order chi connectivity index (χ0) is 16.9. The molecule has 3 N–H and O–H groups in total. The normalized spacial score (nSPS) is 21.7. The summed E-state index contributed by atoms with van der Waals surface area (Å²) in [5, 5.41) is 2.56. The summed E-state index contributed by atoms with van der Waals surface area (Å²) in [6.07, 6.45) is 8.77. The molecule has 1 aliphatic heterocycles. The maximum absolute atomic E-state index is 12.9. The molecular formula is C19H27N3O2. The molecule has 2 aliphatic rings. The van der Waals surface area contributed by atoms with E-state index < -0.39 is 6.03 Å². The van der Waals surface area contributed by atoms with Gasteiger partial charge in [0.2, 0.25) is 0 Å². The first-order valence-corrected chi connectivity index (χ1v) is 9.08. The molecule has 0 radical (unpaired) electrons. The van der Waals surface area contributed by atoms with Crippen LogP contribution in [0.25, 0.3) is 0 Å². The SMILES string of the molecule is NC(=O)NCc1ccc(C(=O)N2CCCC2C2CCCCC2)cc1. The molecule has 0 aromatic heterocycles. The van der Waals surface area contributed by atoms with Crippen molar-refractivity contribution in [2.75, 3.05) is 6.54 Å². The van der Waals surface area contributed by atoms with Crippen LogP contribution >= 0.6 is 0 Å². The minimum atomic E-state index is -0.539. The number of amides is 3. The molecule has 1 aromatic carbocycles. The van der Waals surface area contributed by atoms with E-state index in [9.17, 15) is 9.59 Å². The van der Waals surface area contributed by atoms with Gasteiger partial charge in [0.15, 0.2) is 0 Å². The molecular weight excluding hydrogens is 302 g/mol. The lowest BCUT2D eigenvalue weighted by Crippen LogP contribution is -2.40.